The van der Waals surface area contributed by atoms with Gasteiger partial charge in [-0.2, -0.15) is 0 Å². The molecule has 108 valence electrons. The maximum Gasteiger partial charge on any atom is 0.256 e. The molecular weight excluding hydrogens is 279 g/mol. The molecule has 1 N–H and O–H groups in total. The van der Waals surface area contributed by atoms with Gasteiger partial charge in [0.2, 0.25) is 0 Å². The molecule has 1 aliphatic heterocycles. The van der Waals surface area contributed by atoms with Crippen LogP contribution in [0.2, 0.25) is 0 Å². The van der Waals surface area contributed by atoms with Crippen molar-refractivity contribution in [3.63, 3.8) is 0 Å². The average molecular weight is 292 g/mol. The number of nitrogens with zero attached hydrogens (tertiary/aromatic N) is 1. The SMILES string of the molecule is Cn1cc(/C=C2/C(=O)Nc3ccccc32)c2cc(F)ccc21. The molecule has 4 heteroatoms. The van der Waals surface area contributed by atoms with Gasteiger partial charge in [0.15, 0.2) is 0 Å². The number of carbonyl (C=O) groups is 1. The van der Waals surface area contributed by atoms with Gasteiger partial charge in [-0.05, 0) is 30.3 Å². The lowest BCUT2D eigenvalue weighted by Gasteiger charge is -1.98. The molecule has 4 rings (SSSR count). The number of halogens is 1. The lowest BCUT2D eigenvalue weighted by molar-refractivity contribution is -0.110. The zero-order valence-electron chi connectivity index (χ0n) is 11.9. The minimum atomic E-state index is -0.283. The van der Waals surface area contributed by atoms with Gasteiger partial charge in [-0.1, -0.05) is 18.2 Å². The lowest BCUT2D eigenvalue weighted by atomic mass is 10.0. The molecular formula is C18H13FN2O. The van der Waals surface area contributed by atoms with Crippen molar-refractivity contribution in [3.05, 3.63) is 65.6 Å². The standard InChI is InChI=1S/C18H13FN2O/c1-21-10-11(14-9-12(19)6-7-17(14)21)8-15-13-4-2-3-5-16(13)20-18(15)22/h2-10H,1H3,(H,20,22)/b15-8+. The van der Waals surface area contributed by atoms with E-state index in [2.05, 4.69) is 5.32 Å². The summed E-state index contributed by atoms with van der Waals surface area (Å²) in [4.78, 5) is 12.2. The van der Waals surface area contributed by atoms with Crippen LogP contribution < -0.4 is 5.32 Å². The zero-order valence-corrected chi connectivity index (χ0v) is 11.9. The predicted molar refractivity (Wildman–Crippen MR) is 85.8 cm³/mol. The van der Waals surface area contributed by atoms with E-state index in [9.17, 15) is 9.18 Å². The fraction of sp³-hybridized carbons (Fsp3) is 0.0556. The van der Waals surface area contributed by atoms with Gasteiger partial charge >= 0.3 is 0 Å². The van der Waals surface area contributed by atoms with Gasteiger partial charge in [-0.15, -0.1) is 0 Å². The Hall–Kier alpha value is -2.88. The number of para-hydroxylation sites is 1. The number of fused-ring (bicyclic) bond motifs is 2. The van der Waals surface area contributed by atoms with Crippen LogP contribution in [0.5, 0.6) is 0 Å². The van der Waals surface area contributed by atoms with Crippen molar-refractivity contribution in [2.75, 3.05) is 5.32 Å². The first-order valence-corrected chi connectivity index (χ1v) is 7.00. The molecule has 2 heterocycles. The number of amides is 1. The van der Waals surface area contributed by atoms with Crippen molar-refractivity contribution in [2.24, 2.45) is 7.05 Å². The van der Waals surface area contributed by atoms with Gasteiger partial charge < -0.3 is 9.88 Å². The van der Waals surface area contributed by atoms with Gasteiger partial charge in [0.1, 0.15) is 5.82 Å². The molecule has 3 nitrogen and oxygen atoms in total. The van der Waals surface area contributed by atoms with Gasteiger partial charge in [-0.25, -0.2) is 4.39 Å². The lowest BCUT2D eigenvalue weighted by Crippen LogP contribution is -2.03. The number of aromatic nitrogens is 1. The molecule has 0 spiro atoms. The summed E-state index contributed by atoms with van der Waals surface area (Å²) in [6.07, 6.45) is 3.73. The Morgan fingerprint density at radius 2 is 2.00 bits per heavy atom. The molecule has 0 saturated carbocycles. The molecule has 0 saturated heterocycles. The van der Waals surface area contributed by atoms with E-state index >= 15 is 0 Å². The van der Waals surface area contributed by atoms with E-state index in [1.807, 2.05) is 48.2 Å². The summed E-state index contributed by atoms with van der Waals surface area (Å²) in [6, 6.07) is 12.2. The third-order valence-corrected chi connectivity index (χ3v) is 3.99. The highest BCUT2D eigenvalue weighted by Crippen LogP contribution is 2.34. The third-order valence-electron chi connectivity index (χ3n) is 3.99. The first kappa shape index (κ1) is 12.8. The van der Waals surface area contributed by atoms with E-state index in [0.717, 1.165) is 27.7 Å². The summed E-state index contributed by atoms with van der Waals surface area (Å²) >= 11 is 0. The topological polar surface area (TPSA) is 34.0 Å². The summed E-state index contributed by atoms with van der Waals surface area (Å²) in [7, 11) is 1.91. The highest BCUT2D eigenvalue weighted by Gasteiger charge is 2.23. The Morgan fingerprint density at radius 3 is 2.86 bits per heavy atom. The second kappa shape index (κ2) is 4.56. The molecule has 1 aliphatic rings. The fourth-order valence-corrected chi connectivity index (χ4v) is 2.95. The van der Waals surface area contributed by atoms with E-state index in [4.69, 9.17) is 0 Å². The second-order valence-corrected chi connectivity index (χ2v) is 5.41. The number of nitrogens with one attached hydrogen (secondary N) is 1. The normalized spacial score (nSPS) is 15.4. The quantitative estimate of drug-likeness (QED) is 0.680. The third kappa shape index (κ3) is 1.84. The van der Waals surface area contributed by atoms with Gasteiger partial charge in [0.05, 0.1) is 0 Å². The first-order chi connectivity index (χ1) is 10.6. The van der Waals surface area contributed by atoms with Gasteiger partial charge in [0, 0.05) is 46.5 Å². The highest BCUT2D eigenvalue weighted by molar-refractivity contribution is 6.35. The van der Waals surface area contributed by atoms with Crippen molar-refractivity contribution in [2.45, 2.75) is 0 Å². The van der Waals surface area contributed by atoms with E-state index in [-0.39, 0.29) is 11.7 Å². The summed E-state index contributed by atoms with van der Waals surface area (Å²) in [5, 5.41) is 3.64. The van der Waals surface area contributed by atoms with Crippen molar-refractivity contribution in [3.8, 4) is 0 Å². The Labute approximate surface area is 126 Å². The Balaban J connectivity index is 1.94. The van der Waals surface area contributed by atoms with Crippen molar-refractivity contribution < 1.29 is 9.18 Å². The maximum absolute atomic E-state index is 13.5. The smallest absolute Gasteiger partial charge is 0.256 e. The Morgan fingerprint density at radius 1 is 1.18 bits per heavy atom. The highest BCUT2D eigenvalue weighted by atomic mass is 19.1. The summed E-state index contributed by atoms with van der Waals surface area (Å²) in [6.45, 7) is 0. The van der Waals surface area contributed by atoms with Crippen LogP contribution in [0.1, 0.15) is 11.1 Å². The van der Waals surface area contributed by atoms with E-state index in [1.165, 1.54) is 12.1 Å². The molecule has 0 atom stereocenters. The molecule has 1 aromatic heterocycles. The summed E-state index contributed by atoms with van der Waals surface area (Å²) < 4.78 is 15.5. The fourth-order valence-electron chi connectivity index (χ4n) is 2.95. The van der Waals surface area contributed by atoms with E-state index < -0.39 is 0 Å². The summed E-state index contributed by atoms with van der Waals surface area (Å²) in [5.41, 5.74) is 4.05. The Bertz CT molecular complexity index is 953. The van der Waals surface area contributed by atoms with Crippen molar-refractivity contribution >= 4 is 34.1 Å². The van der Waals surface area contributed by atoms with Crippen LogP contribution in [-0.4, -0.2) is 10.5 Å². The minimum absolute atomic E-state index is 0.130. The molecule has 0 unspecified atom stereocenters. The van der Waals surface area contributed by atoms with E-state index in [0.29, 0.717) is 5.57 Å². The largest absolute Gasteiger partial charge is 0.350 e. The number of anilines is 1. The number of aryl methyl sites for hydroxylation is 1. The monoisotopic (exact) mass is 292 g/mol. The van der Waals surface area contributed by atoms with Crippen molar-refractivity contribution in [1.29, 1.82) is 0 Å². The van der Waals surface area contributed by atoms with Crippen LogP contribution in [0, 0.1) is 5.82 Å². The number of hydrogen-bond acceptors (Lipinski definition) is 1. The molecule has 0 radical (unpaired) electrons. The van der Waals surface area contributed by atoms with Crippen LogP contribution >= 0.6 is 0 Å². The van der Waals surface area contributed by atoms with Crippen LogP contribution in [0.25, 0.3) is 22.6 Å². The maximum atomic E-state index is 13.5. The number of benzene rings is 2. The van der Waals surface area contributed by atoms with Crippen LogP contribution in [0.3, 0.4) is 0 Å². The first-order valence-electron chi connectivity index (χ1n) is 7.00. The van der Waals surface area contributed by atoms with Crippen LogP contribution in [0.15, 0.2) is 48.7 Å². The van der Waals surface area contributed by atoms with Crippen LogP contribution in [-0.2, 0) is 11.8 Å². The predicted octanol–water partition coefficient (Wildman–Crippen LogP) is 3.81. The number of carbonyl (C=O) groups excluding carboxylic acids is 1. The molecule has 1 amide bonds. The number of hydrogen-bond donors (Lipinski definition) is 1. The molecule has 0 bridgehead atoms. The second-order valence-electron chi connectivity index (χ2n) is 5.41. The van der Waals surface area contributed by atoms with E-state index in [1.54, 1.807) is 6.07 Å². The molecule has 0 fully saturated rings. The Kier molecular flexibility index (Phi) is 2.66. The van der Waals surface area contributed by atoms with Crippen molar-refractivity contribution in [1.82, 2.24) is 4.57 Å². The van der Waals surface area contributed by atoms with Gasteiger partial charge in [-0.3, -0.25) is 4.79 Å². The van der Waals surface area contributed by atoms with Crippen LogP contribution in [0.4, 0.5) is 10.1 Å². The molecule has 0 aliphatic carbocycles. The molecule has 2 aromatic carbocycles. The molecule has 22 heavy (non-hydrogen) atoms. The zero-order chi connectivity index (χ0) is 15.3. The van der Waals surface area contributed by atoms with Gasteiger partial charge in [0.25, 0.3) is 5.91 Å². The number of rotatable bonds is 1. The summed E-state index contributed by atoms with van der Waals surface area (Å²) in [5.74, 6) is -0.413. The minimum Gasteiger partial charge on any atom is -0.350 e. The average Bonchev–Trinajstić information content (AvgIpc) is 2.98. The molecule has 3 aromatic rings.